The molecule has 1 atom stereocenters. The number of hydrogen-bond acceptors (Lipinski definition) is 3. The molecule has 0 aromatic heterocycles. The van der Waals surface area contributed by atoms with Crippen molar-refractivity contribution >= 4 is 11.9 Å². The molecular formula is C16H30N4O2. The predicted molar refractivity (Wildman–Crippen MR) is 88.7 cm³/mol. The van der Waals surface area contributed by atoms with Gasteiger partial charge in [0.1, 0.15) is 6.04 Å². The van der Waals surface area contributed by atoms with E-state index in [0.29, 0.717) is 0 Å². The van der Waals surface area contributed by atoms with Crippen molar-refractivity contribution in [3.05, 3.63) is 12.7 Å². The number of carbonyl (C=O) groups is 2. The fourth-order valence-electron chi connectivity index (χ4n) is 2.41. The molecular weight excluding hydrogens is 280 g/mol. The lowest BCUT2D eigenvalue weighted by atomic mass is 10.1. The van der Waals surface area contributed by atoms with E-state index in [4.69, 9.17) is 0 Å². The van der Waals surface area contributed by atoms with Crippen molar-refractivity contribution in [2.75, 3.05) is 19.6 Å². The van der Waals surface area contributed by atoms with Gasteiger partial charge in [-0.25, -0.2) is 4.79 Å². The van der Waals surface area contributed by atoms with Crippen molar-refractivity contribution in [3.63, 3.8) is 0 Å². The number of piperidine rings is 1. The lowest BCUT2D eigenvalue weighted by molar-refractivity contribution is -0.123. The highest BCUT2D eigenvalue weighted by atomic mass is 16.2. The SMILES string of the molecule is C=CCN1CCC(NC(=O)N[C@@H](C)C(=O)NC(C)(C)C)CC1. The maximum absolute atomic E-state index is 12.0. The summed E-state index contributed by atoms with van der Waals surface area (Å²) in [6.45, 7) is 14.0. The van der Waals surface area contributed by atoms with Gasteiger partial charge in [0.2, 0.25) is 5.91 Å². The molecule has 0 spiro atoms. The quantitative estimate of drug-likeness (QED) is 0.669. The third-order valence-electron chi connectivity index (χ3n) is 3.55. The van der Waals surface area contributed by atoms with E-state index in [1.807, 2.05) is 26.8 Å². The number of urea groups is 1. The van der Waals surface area contributed by atoms with Gasteiger partial charge >= 0.3 is 6.03 Å². The van der Waals surface area contributed by atoms with Crippen LogP contribution in [-0.2, 0) is 4.79 Å². The number of carbonyl (C=O) groups excluding carboxylic acids is 2. The van der Waals surface area contributed by atoms with Gasteiger partial charge in [-0.1, -0.05) is 6.08 Å². The van der Waals surface area contributed by atoms with E-state index in [9.17, 15) is 9.59 Å². The molecule has 22 heavy (non-hydrogen) atoms. The molecule has 1 aliphatic rings. The first-order valence-electron chi connectivity index (χ1n) is 7.93. The van der Waals surface area contributed by atoms with Crippen molar-refractivity contribution in [2.24, 2.45) is 0 Å². The van der Waals surface area contributed by atoms with Crippen LogP contribution in [0.25, 0.3) is 0 Å². The summed E-state index contributed by atoms with van der Waals surface area (Å²) in [4.78, 5) is 26.2. The summed E-state index contributed by atoms with van der Waals surface area (Å²) < 4.78 is 0. The molecule has 0 aliphatic carbocycles. The van der Waals surface area contributed by atoms with Crippen molar-refractivity contribution in [1.82, 2.24) is 20.9 Å². The Balaban J connectivity index is 2.31. The molecule has 1 aliphatic heterocycles. The van der Waals surface area contributed by atoms with Gasteiger partial charge in [-0.05, 0) is 40.5 Å². The number of nitrogens with zero attached hydrogens (tertiary/aromatic N) is 1. The zero-order valence-electron chi connectivity index (χ0n) is 14.2. The molecule has 1 heterocycles. The fourth-order valence-corrected chi connectivity index (χ4v) is 2.41. The molecule has 0 unspecified atom stereocenters. The average molecular weight is 310 g/mol. The van der Waals surface area contributed by atoms with Gasteiger partial charge in [0, 0.05) is 31.2 Å². The molecule has 0 radical (unpaired) electrons. The molecule has 1 fully saturated rings. The van der Waals surface area contributed by atoms with Gasteiger partial charge in [-0.3, -0.25) is 9.69 Å². The van der Waals surface area contributed by atoms with Crippen LogP contribution in [0.4, 0.5) is 4.79 Å². The Kier molecular flexibility index (Phi) is 6.87. The van der Waals surface area contributed by atoms with Crippen molar-refractivity contribution in [3.8, 4) is 0 Å². The van der Waals surface area contributed by atoms with E-state index in [1.54, 1.807) is 6.92 Å². The Morgan fingerprint density at radius 2 is 1.91 bits per heavy atom. The van der Waals surface area contributed by atoms with Crippen LogP contribution in [-0.4, -0.2) is 54.1 Å². The molecule has 3 amide bonds. The van der Waals surface area contributed by atoms with Gasteiger partial charge in [0.15, 0.2) is 0 Å². The molecule has 6 nitrogen and oxygen atoms in total. The normalized spacial score (nSPS) is 18.4. The van der Waals surface area contributed by atoms with Crippen molar-refractivity contribution in [2.45, 2.75) is 58.2 Å². The van der Waals surface area contributed by atoms with E-state index in [1.165, 1.54) is 0 Å². The second-order valence-electron chi connectivity index (χ2n) is 6.94. The minimum absolute atomic E-state index is 0.166. The van der Waals surface area contributed by atoms with E-state index in [2.05, 4.69) is 27.4 Å². The molecule has 126 valence electrons. The number of nitrogens with one attached hydrogen (secondary N) is 3. The highest BCUT2D eigenvalue weighted by molar-refractivity contribution is 5.87. The minimum atomic E-state index is -0.555. The zero-order valence-corrected chi connectivity index (χ0v) is 14.2. The Labute approximate surface area is 133 Å². The largest absolute Gasteiger partial charge is 0.350 e. The number of amides is 3. The van der Waals surface area contributed by atoms with Crippen LogP contribution in [0.2, 0.25) is 0 Å². The van der Waals surface area contributed by atoms with Gasteiger partial charge in [0.05, 0.1) is 0 Å². The van der Waals surface area contributed by atoms with Gasteiger partial charge < -0.3 is 16.0 Å². The second kappa shape index (κ2) is 8.17. The maximum Gasteiger partial charge on any atom is 0.315 e. The van der Waals surface area contributed by atoms with Crippen LogP contribution in [0.3, 0.4) is 0 Å². The van der Waals surface area contributed by atoms with Crippen LogP contribution in [0.5, 0.6) is 0 Å². The molecule has 1 saturated heterocycles. The lowest BCUT2D eigenvalue weighted by Gasteiger charge is -2.31. The molecule has 0 saturated carbocycles. The minimum Gasteiger partial charge on any atom is -0.350 e. The van der Waals surface area contributed by atoms with Crippen LogP contribution in [0, 0.1) is 0 Å². The first-order chi connectivity index (χ1) is 10.2. The average Bonchev–Trinajstić information content (AvgIpc) is 2.39. The molecule has 0 aromatic rings. The number of rotatable bonds is 5. The lowest BCUT2D eigenvalue weighted by Crippen LogP contribution is -2.54. The smallest absolute Gasteiger partial charge is 0.315 e. The third-order valence-corrected chi connectivity index (χ3v) is 3.55. The van der Waals surface area contributed by atoms with Crippen molar-refractivity contribution in [1.29, 1.82) is 0 Å². The molecule has 0 aromatic carbocycles. The predicted octanol–water partition coefficient (Wildman–Crippen LogP) is 1.24. The summed E-state index contributed by atoms with van der Waals surface area (Å²) in [6.07, 6.45) is 3.74. The monoisotopic (exact) mass is 310 g/mol. The van der Waals surface area contributed by atoms with E-state index >= 15 is 0 Å². The summed E-state index contributed by atoms with van der Waals surface area (Å²) in [5.74, 6) is -0.177. The van der Waals surface area contributed by atoms with E-state index in [-0.39, 0.29) is 23.5 Å². The Hall–Kier alpha value is -1.56. The molecule has 3 N–H and O–H groups in total. The number of likely N-dealkylation sites (tertiary alicyclic amines) is 1. The van der Waals surface area contributed by atoms with Gasteiger partial charge in [-0.15, -0.1) is 6.58 Å². The summed E-state index contributed by atoms with van der Waals surface area (Å²) in [5.41, 5.74) is -0.304. The van der Waals surface area contributed by atoms with Gasteiger partial charge in [-0.2, -0.15) is 0 Å². The molecule has 6 heteroatoms. The van der Waals surface area contributed by atoms with Gasteiger partial charge in [0.25, 0.3) is 0 Å². The van der Waals surface area contributed by atoms with Crippen molar-refractivity contribution < 1.29 is 9.59 Å². The van der Waals surface area contributed by atoms with Crippen LogP contribution >= 0.6 is 0 Å². The second-order valence-corrected chi connectivity index (χ2v) is 6.94. The Morgan fingerprint density at radius 1 is 1.32 bits per heavy atom. The summed E-state index contributed by atoms with van der Waals surface area (Å²) >= 11 is 0. The Morgan fingerprint density at radius 3 is 2.41 bits per heavy atom. The summed E-state index contributed by atoms with van der Waals surface area (Å²) in [7, 11) is 0. The van der Waals surface area contributed by atoms with E-state index in [0.717, 1.165) is 32.5 Å². The first-order valence-corrected chi connectivity index (χ1v) is 7.93. The Bertz CT molecular complexity index is 395. The van der Waals surface area contributed by atoms with Crippen LogP contribution < -0.4 is 16.0 Å². The molecule has 0 bridgehead atoms. The van der Waals surface area contributed by atoms with Crippen LogP contribution in [0.15, 0.2) is 12.7 Å². The first kappa shape index (κ1) is 18.5. The third kappa shape index (κ3) is 6.93. The highest BCUT2D eigenvalue weighted by Crippen LogP contribution is 2.09. The zero-order chi connectivity index (χ0) is 16.8. The summed E-state index contributed by atoms with van der Waals surface area (Å²) in [6, 6.07) is -0.669. The fraction of sp³-hybridized carbons (Fsp3) is 0.750. The number of hydrogen-bond donors (Lipinski definition) is 3. The highest BCUT2D eigenvalue weighted by Gasteiger charge is 2.23. The maximum atomic E-state index is 12.0. The van der Waals surface area contributed by atoms with E-state index < -0.39 is 6.04 Å². The standard InChI is InChI=1S/C16H30N4O2/c1-6-9-20-10-7-13(8-11-20)18-15(22)17-12(2)14(21)19-16(3,4)5/h6,12-13H,1,7-11H2,2-5H3,(H,19,21)(H2,17,18,22)/t12-/m0/s1. The molecule has 1 rings (SSSR count). The topological polar surface area (TPSA) is 73.5 Å². The summed E-state index contributed by atoms with van der Waals surface area (Å²) in [5, 5.41) is 8.49. The van der Waals surface area contributed by atoms with Crippen LogP contribution in [0.1, 0.15) is 40.5 Å².